The average molecular weight is 391 g/mol. The van der Waals surface area contributed by atoms with Crippen LogP contribution in [0.15, 0.2) is 52.5 Å². The summed E-state index contributed by atoms with van der Waals surface area (Å²) in [6.07, 6.45) is 1.27. The molecule has 0 heterocycles. The van der Waals surface area contributed by atoms with Crippen molar-refractivity contribution in [3.63, 3.8) is 0 Å². The number of sulfonamides is 1. The third kappa shape index (κ3) is 5.05. The van der Waals surface area contributed by atoms with Crippen molar-refractivity contribution < 1.29 is 23.1 Å². The van der Waals surface area contributed by atoms with Gasteiger partial charge in [0, 0.05) is 12.6 Å². The van der Waals surface area contributed by atoms with Crippen LogP contribution in [0.25, 0.3) is 0 Å². The lowest BCUT2D eigenvalue weighted by molar-refractivity contribution is -0.121. The molecule has 0 spiro atoms. The maximum Gasteiger partial charge on any atom is 0.255 e. The minimum Gasteiger partial charge on any atom is -0.507 e. The van der Waals surface area contributed by atoms with Gasteiger partial charge in [-0.05, 0) is 36.8 Å². The molecule has 9 heteroatoms. The summed E-state index contributed by atoms with van der Waals surface area (Å²) in [5.41, 5.74) is 3.40. The molecule has 0 aromatic heterocycles. The second-order valence-corrected chi connectivity index (χ2v) is 7.78. The van der Waals surface area contributed by atoms with E-state index in [4.69, 9.17) is 4.74 Å². The summed E-state index contributed by atoms with van der Waals surface area (Å²) in [4.78, 5) is 12.0. The number of aryl methyl sites for hydroxylation is 1. The fourth-order valence-corrected chi connectivity index (χ4v) is 3.61. The SMILES string of the molecule is COc1ccc(C)cc1S(=O)(=O)N(C)CC(=O)NN=Cc1ccccc1O. The van der Waals surface area contributed by atoms with Crippen LogP contribution in [-0.2, 0) is 14.8 Å². The van der Waals surface area contributed by atoms with Crippen LogP contribution in [-0.4, -0.2) is 50.7 Å². The molecule has 0 aliphatic rings. The van der Waals surface area contributed by atoms with Gasteiger partial charge in [0.05, 0.1) is 19.9 Å². The van der Waals surface area contributed by atoms with Gasteiger partial charge < -0.3 is 9.84 Å². The minimum absolute atomic E-state index is 0.0155. The Morgan fingerprint density at radius 3 is 2.67 bits per heavy atom. The molecule has 0 unspecified atom stereocenters. The number of rotatable bonds is 7. The molecule has 0 aliphatic heterocycles. The maximum atomic E-state index is 12.7. The van der Waals surface area contributed by atoms with Crippen molar-refractivity contribution in [2.75, 3.05) is 20.7 Å². The third-order valence-electron chi connectivity index (χ3n) is 3.70. The summed E-state index contributed by atoms with van der Waals surface area (Å²) in [6.45, 7) is 1.33. The normalized spacial score (nSPS) is 11.7. The Labute approximate surface area is 158 Å². The Bertz CT molecular complexity index is 957. The van der Waals surface area contributed by atoms with E-state index in [-0.39, 0.29) is 16.4 Å². The smallest absolute Gasteiger partial charge is 0.255 e. The van der Waals surface area contributed by atoms with Gasteiger partial charge in [-0.3, -0.25) is 4.79 Å². The fourth-order valence-electron chi connectivity index (χ4n) is 2.25. The van der Waals surface area contributed by atoms with Gasteiger partial charge >= 0.3 is 0 Å². The highest BCUT2D eigenvalue weighted by molar-refractivity contribution is 7.89. The number of likely N-dealkylation sites (N-methyl/N-ethyl adjacent to an activating group) is 1. The number of hydrogen-bond donors (Lipinski definition) is 2. The fraction of sp³-hybridized carbons (Fsp3) is 0.222. The Hall–Kier alpha value is -2.91. The summed E-state index contributed by atoms with van der Waals surface area (Å²) in [5.74, 6) is -0.411. The number of para-hydroxylation sites is 1. The number of benzene rings is 2. The lowest BCUT2D eigenvalue weighted by Crippen LogP contribution is -2.36. The van der Waals surface area contributed by atoms with Gasteiger partial charge in [0.15, 0.2) is 0 Å². The van der Waals surface area contributed by atoms with Crippen LogP contribution in [0.1, 0.15) is 11.1 Å². The van der Waals surface area contributed by atoms with Crippen molar-refractivity contribution in [3.05, 3.63) is 53.6 Å². The topological polar surface area (TPSA) is 108 Å². The van der Waals surface area contributed by atoms with E-state index in [0.29, 0.717) is 5.56 Å². The molecule has 2 aromatic rings. The Morgan fingerprint density at radius 1 is 1.30 bits per heavy atom. The zero-order valence-electron chi connectivity index (χ0n) is 15.2. The maximum absolute atomic E-state index is 12.7. The van der Waals surface area contributed by atoms with Crippen LogP contribution in [0.5, 0.6) is 11.5 Å². The van der Waals surface area contributed by atoms with E-state index in [2.05, 4.69) is 10.5 Å². The van der Waals surface area contributed by atoms with E-state index in [1.165, 1.54) is 32.5 Å². The van der Waals surface area contributed by atoms with E-state index in [1.807, 2.05) is 0 Å². The molecule has 2 rings (SSSR count). The molecule has 0 aliphatic carbocycles. The monoisotopic (exact) mass is 391 g/mol. The first kappa shape index (κ1) is 20.4. The van der Waals surface area contributed by atoms with Gasteiger partial charge in [0.2, 0.25) is 10.0 Å². The number of carbonyl (C=O) groups excluding carboxylic acids is 1. The van der Waals surface area contributed by atoms with E-state index in [9.17, 15) is 18.3 Å². The Kier molecular flexibility index (Phi) is 6.54. The molecule has 0 radical (unpaired) electrons. The predicted molar refractivity (Wildman–Crippen MR) is 101 cm³/mol. The van der Waals surface area contributed by atoms with Crippen molar-refractivity contribution in [1.29, 1.82) is 0 Å². The molecule has 0 bridgehead atoms. The molecule has 0 fully saturated rings. The highest BCUT2D eigenvalue weighted by Gasteiger charge is 2.26. The van der Waals surface area contributed by atoms with E-state index >= 15 is 0 Å². The van der Waals surface area contributed by atoms with Crippen molar-refractivity contribution in [1.82, 2.24) is 9.73 Å². The second-order valence-electron chi connectivity index (χ2n) is 5.77. The van der Waals surface area contributed by atoms with Gasteiger partial charge in [-0.25, -0.2) is 13.8 Å². The number of nitrogens with one attached hydrogen (secondary N) is 1. The van der Waals surface area contributed by atoms with Crippen LogP contribution in [0.4, 0.5) is 0 Å². The summed E-state index contributed by atoms with van der Waals surface area (Å²) in [7, 11) is -1.25. The van der Waals surface area contributed by atoms with Crippen LogP contribution < -0.4 is 10.2 Å². The van der Waals surface area contributed by atoms with Gasteiger partial charge in [-0.15, -0.1) is 0 Å². The molecular weight excluding hydrogens is 370 g/mol. The second kappa shape index (κ2) is 8.65. The van der Waals surface area contributed by atoms with E-state index in [0.717, 1.165) is 9.87 Å². The first-order valence-corrected chi connectivity index (χ1v) is 9.40. The molecular formula is C18H21N3O5S. The molecule has 8 nitrogen and oxygen atoms in total. The summed E-state index contributed by atoms with van der Waals surface area (Å²) >= 11 is 0. The highest BCUT2D eigenvalue weighted by atomic mass is 32.2. The predicted octanol–water partition coefficient (Wildman–Crippen LogP) is 1.48. The highest BCUT2D eigenvalue weighted by Crippen LogP contribution is 2.27. The number of methoxy groups -OCH3 is 1. The molecule has 0 atom stereocenters. The number of nitrogens with zero attached hydrogens (tertiary/aromatic N) is 2. The van der Waals surface area contributed by atoms with Crippen LogP contribution in [0.3, 0.4) is 0 Å². The largest absolute Gasteiger partial charge is 0.507 e. The van der Waals surface area contributed by atoms with E-state index in [1.54, 1.807) is 37.3 Å². The van der Waals surface area contributed by atoms with Crippen molar-refractivity contribution in [2.45, 2.75) is 11.8 Å². The number of carbonyl (C=O) groups is 1. The van der Waals surface area contributed by atoms with Gasteiger partial charge in [0.1, 0.15) is 16.4 Å². The lowest BCUT2D eigenvalue weighted by atomic mass is 10.2. The third-order valence-corrected chi connectivity index (χ3v) is 5.53. The number of phenols is 1. The Balaban J connectivity index is 2.07. The molecule has 144 valence electrons. The standard InChI is InChI=1S/C18H21N3O5S/c1-13-8-9-16(26-3)17(10-13)27(24,25)21(2)12-18(23)20-19-11-14-6-4-5-7-15(14)22/h4-11,22H,12H2,1-3H3,(H,20,23). The van der Waals surface area contributed by atoms with Gasteiger partial charge in [-0.2, -0.15) is 9.41 Å². The molecule has 0 saturated heterocycles. The number of amides is 1. The number of aromatic hydroxyl groups is 1. The van der Waals surface area contributed by atoms with Crippen LogP contribution in [0.2, 0.25) is 0 Å². The zero-order chi connectivity index (χ0) is 20.0. The number of hydrazone groups is 1. The number of phenolic OH excluding ortho intramolecular Hbond substituents is 1. The minimum atomic E-state index is -3.93. The quantitative estimate of drug-likeness (QED) is 0.549. The molecule has 2 N–H and O–H groups in total. The summed E-state index contributed by atoms with van der Waals surface area (Å²) in [6, 6.07) is 11.2. The molecule has 0 saturated carbocycles. The van der Waals surface area contributed by atoms with Crippen molar-refractivity contribution in [3.8, 4) is 11.5 Å². The first-order valence-electron chi connectivity index (χ1n) is 7.96. The van der Waals surface area contributed by atoms with Crippen LogP contribution in [0, 0.1) is 6.92 Å². The average Bonchev–Trinajstić information content (AvgIpc) is 2.63. The lowest BCUT2D eigenvalue weighted by Gasteiger charge is -2.18. The zero-order valence-corrected chi connectivity index (χ0v) is 16.0. The molecule has 27 heavy (non-hydrogen) atoms. The van der Waals surface area contributed by atoms with Crippen LogP contribution >= 0.6 is 0 Å². The first-order chi connectivity index (χ1) is 12.8. The van der Waals surface area contributed by atoms with E-state index < -0.39 is 22.5 Å². The summed E-state index contributed by atoms with van der Waals surface area (Å²) in [5, 5.41) is 13.3. The van der Waals surface area contributed by atoms with Gasteiger partial charge in [-0.1, -0.05) is 18.2 Å². The number of ether oxygens (including phenoxy) is 1. The van der Waals surface area contributed by atoms with Gasteiger partial charge in [0.25, 0.3) is 5.91 Å². The summed E-state index contributed by atoms with van der Waals surface area (Å²) < 4.78 is 31.5. The number of hydrogen-bond acceptors (Lipinski definition) is 6. The molecule has 1 amide bonds. The molecule has 2 aromatic carbocycles. The van der Waals surface area contributed by atoms with Crippen molar-refractivity contribution in [2.24, 2.45) is 5.10 Å². The Morgan fingerprint density at radius 2 is 2.00 bits per heavy atom. The van der Waals surface area contributed by atoms with Crippen molar-refractivity contribution >= 4 is 22.1 Å².